The molecule has 1 aromatic carbocycles. The number of aromatic nitrogens is 1. The second-order valence-corrected chi connectivity index (χ2v) is 7.75. The van der Waals surface area contributed by atoms with Crippen molar-refractivity contribution in [3.63, 3.8) is 0 Å². The highest BCUT2D eigenvalue weighted by Crippen LogP contribution is 2.22. The molecule has 1 N–H and O–H groups in total. The molecule has 1 saturated heterocycles. The number of benzene rings is 1. The van der Waals surface area contributed by atoms with Gasteiger partial charge in [0.1, 0.15) is 0 Å². The summed E-state index contributed by atoms with van der Waals surface area (Å²) in [6, 6.07) is 12.2. The molecular weight excluding hydrogens is 352 g/mol. The molecule has 0 unspecified atom stereocenters. The molecule has 0 aliphatic carbocycles. The van der Waals surface area contributed by atoms with Gasteiger partial charge in [-0.3, -0.25) is 14.5 Å². The van der Waals surface area contributed by atoms with Gasteiger partial charge in [-0.15, -0.1) is 0 Å². The number of para-hydroxylation sites is 1. The number of hydrogen-bond acceptors (Lipinski definition) is 3. The van der Waals surface area contributed by atoms with E-state index in [1.807, 2.05) is 56.9 Å². The highest BCUT2D eigenvalue weighted by molar-refractivity contribution is 5.96. The van der Waals surface area contributed by atoms with Gasteiger partial charge in [-0.05, 0) is 45.9 Å². The van der Waals surface area contributed by atoms with Crippen LogP contribution in [0.3, 0.4) is 0 Å². The Hall–Kier alpha value is -2.60. The molecule has 150 valence electrons. The van der Waals surface area contributed by atoms with Crippen molar-refractivity contribution in [1.29, 1.82) is 0 Å². The molecule has 0 saturated carbocycles. The maximum atomic E-state index is 13.1. The number of hydrogen-bond donors (Lipinski definition) is 1. The molecular formula is C22H30N4O2. The molecule has 2 amide bonds. The fourth-order valence-corrected chi connectivity index (χ4v) is 3.80. The minimum Gasteiger partial charge on any atom is -0.353 e. The summed E-state index contributed by atoms with van der Waals surface area (Å²) in [6.07, 6.45) is 0. The van der Waals surface area contributed by atoms with Crippen molar-refractivity contribution in [2.24, 2.45) is 0 Å². The van der Waals surface area contributed by atoms with Gasteiger partial charge in [-0.1, -0.05) is 18.2 Å². The number of carbonyl (C=O) groups excluding carboxylic acids is 2. The van der Waals surface area contributed by atoms with E-state index in [9.17, 15) is 9.59 Å². The summed E-state index contributed by atoms with van der Waals surface area (Å²) >= 11 is 0. The monoisotopic (exact) mass is 382 g/mol. The van der Waals surface area contributed by atoms with Gasteiger partial charge >= 0.3 is 0 Å². The number of nitrogens with one attached hydrogen (secondary N) is 1. The third-order valence-corrected chi connectivity index (χ3v) is 5.15. The lowest BCUT2D eigenvalue weighted by Crippen LogP contribution is -2.51. The average molecular weight is 383 g/mol. The molecule has 28 heavy (non-hydrogen) atoms. The normalized spacial score (nSPS) is 15.1. The second-order valence-electron chi connectivity index (χ2n) is 7.75. The van der Waals surface area contributed by atoms with E-state index in [2.05, 4.69) is 26.9 Å². The molecule has 6 heteroatoms. The minimum absolute atomic E-state index is 0.0428. The molecule has 2 heterocycles. The summed E-state index contributed by atoms with van der Waals surface area (Å²) < 4.78 is 2.12. The second kappa shape index (κ2) is 8.61. The summed E-state index contributed by atoms with van der Waals surface area (Å²) in [5, 5.41) is 2.92. The first-order chi connectivity index (χ1) is 13.4. The predicted octanol–water partition coefficient (Wildman–Crippen LogP) is 2.38. The Morgan fingerprint density at radius 2 is 1.68 bits per heavy atom. The maximum Gasteiger partial charge on any atom is 0.255 e. The number of nitrogens with zero attached hydrogens (tertiary/aromatic N) is 3. The van der Waals surface area contributed by atoms with Crippen LogP contribution < -0.4 is 5.32 Å². The van der Waals surface area contributed by atoms with Crippen molar-refractivity contribution in [2.75, 3.05) is 32.7 Å². The van der Waals surface area contributed by atoms with Gasteiger partial charge < -0.3 is 14.8 Å². The molecule has 0 bridgehead atoms. The number of amides is 2. The maximum absolute atomic E-state index is 13.1. The van der Waals surface area contributed by atoms with Gasteiger partial charge in [0.05, 0.1) is 12.1 Å². The molecule has 0 spiro atoms. The van der Waals surface area contributed by atoms with Crippen LogP contribution in [-0.2, 0) is 4.79 Å². The third-order valence-electron chi connectivity index (χ3n) is 5.15. The first-order valence-electron chi connectivity index (χ1n) is 9.92. The zero-order valence-electron chi connectivity index (χ0n) is 17.2. The molecule has 1 fully saturated rings. The largest absolute Gasteiger partial charge is 0.353 e. The first kappa shape index (κ1) is 20.1. The fraction of sp³-hybridized carbons (Fsp3) is 0.455. The molecule has 1 aromatic heterocycles. The van der Waals surface area contributed by atoms with E-state index in [0.29, 0.717) is 32.7 Å². The Kier molecular flexibility index (Phi) is 6.19. The van der Waals surface area contributed by atoms with Crippen LogP contribution in [0.5, 0.6) is 0 Å². The highest BCUT2D eigenvalue weighted by Gasteiger charge is 2.26. The number of aryl methyl sites for hydroxylation is 1. The predicted molar refractivity (Wildman–Crippen MR) is 111 cm³/mol. The van der Waals surface area contributed by atoms with Gasteiger partial charge in [0.25, 0.3) is 5.91 Å². The van der Waals surface area contributed by atoms with E-state index < -0.39 is 0 Å². The lowest BCUT2D eigenvalue weighted by Gasteiger charge is -2.34. The van der Waals surface area contributed by atoms with Crippen molar-refractivity contribution in [1.82, 2.24) is 19.7 Å². The molecule has 0 radical (unpaired) electrons. The molecule has 1 aliphatic heterocycles. The van der Waals surface area contributed by atoms with Crippen LogP contribution in [0.25, 0.3) is 5.69 Å². The van der Waals surface area contributed by atoms with Crippen molar-refractivity contribution >= 4 is 11.8 Å². The number of piperazine rings is 1. The number of carbonyl (C=O) groups is 2. The van der Waals surface area contributed by atoms with Crippen LogP contribution in [0.1, 0.15) is 35.6 Å². The topological polar surface area (TPSA) is 57.6 Å². The zero-order valence-corrected chi connectivity index (χ0v) is 17.2. The lowest BCUT2D eigenvalue weighted by molar-refractivity contribution is -0.123. The molecule has 6 nitrogen and oxygen atoms in total. The summed E-state index contributed by atoms with van der Waals surface area (Å²) in [6.45, 7) is 11.1. The van der Waals surface area contributed by atoms with E-state index >= 15 is 0 Å². The van der Waals surface area contributed by atoms with Crippen LogP contribution in [0.2, 0.25) is 0 Å². The molecule has 1 aliphatic rings. The Morgan fingerprint density at radius 3 is 2.29 bits per heavy atom. The van der Waals surface area contributed by atoms with E-state index in [4.69, 9.17) is 0 Å². The van der Waals surface area contributed by atoms with E-state index in [0.717, 1.165) is 22.6 Å². The molecule has 0 atom stereocenters. The fourth-order valence-electron chi connectivity index (χ4n) is 3.80. The van der Waals surface area contributed by atoms with Crippen LogP contribution in [-0.4, -0.2) is 64.9 Å². The Labute approximate surface area is 167 Å². The van der Waals surface area contributed by atoms with Crippen molar-refractivity contribution in [3.05, 3.63) is 53.3 Å². The summed E-state index contributed by atoms with van der Waals surface area (Å²) in [5.74, 6) is 0.114. The number of rotatable bonds is 5. The standard InChI is InChI=1S/C22H30N4O2/c1-16(2)23-21(27)15-24-10-12-25(13-11-24)22(28)20-14-17(3)26(18(20)4)19-8-6-5-7-9-19/h5-9,14,16H,10-13,15H2,1-4H3,(H,23,27). The average Bonchev–Trinajstić information content (AvgIpc) is 2.96. The van der Waals surface area contributed by atoms with Gasteiger partial charge in [-0.25, -0.2) is 0 Å². The Bertz CT molecular complexity index is 834. The van der Waals surface area contributed by atoms with Gasteiger partial charge in [-0.2, -0.15) is 0 Å². The third kappa shape index (κ3) is 4.44. The van der Waals surface area contributed by atoms with Gasteiger partial charge in [0.15, 0.2) is 0 Å². The SMILES string of the molecule is Cc1cc(C(=O)N2CCN(CC(=O)NC(C)C)CC2)c(C)n1-c1ccccc1. The van der Waals surface area contributed by atoms with E-state index in [1.165, 1.54) is 0 Å². The Balaban J connectivity index is 1.65. The smallest absolute Gasteiger partial charge is 0.255 e. The summed E-state index contributed by atoms with van der Waals surface area (Å²) in [7, 11) is 0. The minimum atomic E-state index is 0.0428. The summed E-state index contributed by atoms with van der Waals surface area (Å²) in [5.41, 5.74) is 3.84. The quantitative estimate of drug-likeness (QED) is 0.864. The van der Waals surface area contributed by atoms with Crippen LogP contribution in [0.15, 0.2) is 36.4 Å². The van der Waals surface area contributed by atoms with Crippen LogP contribution >= 0.6 is 0 Å². The van der Waals surface area contributed by atoms with E-state index in [1.54, 1.807) is 0 Å². The first-order valence-corrected chi connectivity index (χ1v) is 9.92. The highest BCUT2D eigenvalue weighted by atomic mass is 16.2. The molecule has 2 aromatic rings. The van der Waals surface area contributed by atoms with E-state index in [-0.39, 0.29) is 17.9 Å². The Morgan fingerprint density at radius 1 is 1.04 bits per heavy atom. The van der Waals surface area contributed by atoms with Gasteiger partial charge in [0.2, 0.25) is 5.91 Å². The molecule has 3 rings (SSSR count). The van der Waals surface area contributed by atoms with Crippen LogP contribution in [0.4, 0.5) is 0 Å². The van der Waals surface area contributed by atoms with Crippen LogP contribution in [0, 0.1) is 13.8 Å². The summed E-state index contributed by atoms with van der Waals surface area (Å²) in [4.78, 5) is 29.1. The zero-order chi connectivity index (χ0) is 20.3. The van der Waals surface area contributed by atoms with Crippen molar-refractivity contribution in [3.8, 4) is 5.69 Å². The van der Waals surface area contributed by atoms with Crippen molar-refractivity contribution in [2.45, 2.75) is 33.7 Å². The lowest BCUT2D eigenvalue weighted by atomic mass is 10.2. The van der Waals surface area contributed by atoms with Crippen molar-refractivity contribution < 1.29 is 9.59 Å². The van der Waals surface area contributed by atoms with Gasteiger partial charge in [0, 0.05) is 49.3 Å².